The van der Waals surface area contributed by atoms with Crippen molar-refractivity contribution in [3.8, 4) is 11.1 Å². The second-order valence-electron chi connectivity index (χ2n) is 6.31. The van der Waals surface area contributed by atoms with Crippen LogP contribution in [0.25, 0.3) is 11.1 Å². The predicted octanol–water partition coefficient (Wildman–Crippen LogP) is 1.56. The summed E-state index contributed by atoms with van der Waals surface area (Å²) in [5.41, 5.74) is 2.89. The van der Waals surface area contributed by atoms with Gasteiger partial charge in [0.25, 0.3) is 0 Å². The quantitative estimate of drug-likeness (QED) is 0.688. The molecule has 2 atom stereocenters. The fourth-order valence-electron chi connectivity index (χ4n) is 3.02. The van der Waals surface area contributed by atoms with E-state index < -0.39 is 17.9 Å². The molecule has 0 saturated carbocycles. The molecule has 2 aromatic carbocycles. The number of benzene rings is 2. The molecule has 2 unspecified atom stereocenters. The summed E-state index contributed by atoms with van der Waals surface area (Å²) in [5, 5.41) is 14.5. The van der Waals surface area contributed by atoms with Crippen molar-refractivity contribution in [3.63, 3.8) is 0 Å². The van der Waals surface area contributed by atoms with Crippen molar-refractivity contribution >= 4 is 17.7 Å². The summed E-state index contributed by atoms with van der Waals surface area (Å²) in [4.78, 5) is 34.9. The van der Waals surface area contributed by atoms with Gasteiger partial charge in [-0.3, -0.25) is 19.7 Å². The van der Waals surface area contributed by atoms with Gasteiger partial charge in [-0.05, 0) is 16.7 Å². The summed E-state index contributed by atoms with van der Waals surface area (Å²) in [7, 11) is 0. The lowest BCUT2D eigenvalue weighted by atomic mass is 10.00. The third kappa shape index (κ3) is 4.15. The third-order valence-corrected chi connectivity index (χ3v) is 4.43. The number of carbonyl (C=O) groups is 3. The van der Waals surface area contributed by atoms with Crippen LogP contribution < -0.4 is 10.6 Å². The van der Waals surface area contributed by atoms with Gasteiger partial charge in [0.05, 0.1) is 18.6 Å². The molecule has 1 heterocycles. The zero-order chi connectivity index (χ0) is 18.5. The van der Waals surface area contributed by atoms with Crippen molar-refractivity contribution in [1.82, 2.24) is 10.6 Å². The van der Waals surface area contributed by atoms with Crippen LogP contribution in [0.2, 0.25) is 0 Å². The number of aliphatic hydroxyl groups excluding tert-OH is 1. The van der Waals surface area contributed by atoms with Crippen LogP contribution in [0, 0.1) is 5.92 Å². The first-order valence-corrected chi connectivity index (χ1v) is 8.46. The lowest BCUT2D eigenvalue weighted by Crippen LogP contribution is -2.33. The molecule has 0 aliphatic carbocycles. The van der Waals surface area contributed by atoms with Crippen LogP contribution in [-0.4, -0.2) is 29.4 Å². The topological polar surface area (TPSA) is 95.5 Å². The van der Waals surface area contributed by atoms with Crippen molar-refractivity contribution < 1.29 is 19.5 Å². The average Bonchev–Trinajstić information content (AvgIpc) is 2.97. The molecule has 1 aliphatic heterocycles. The van der Waals surface area contributed by atoms with Gasteiger partial charge >= 0.3 is 0 Å². The molecular weight excluding hydrogens is 332 g/mol. The van der Waals surface area contributed by atoms with Crippen molar-refractivity contribution in [2.75, 3.05) is 6.61 Å². The normalized spacial score (nSPS) is 17.7. The van der Waals surface area contributed by atoms with Crippen LogP contribution in [0.1, 0.15) is 24.4 Å². The van der Waals surface area contributed by atoms with E-state index in [1.807, 2.05) is 54.6 Å². The molecule has 1 fully saturated rings. The Morgan fingerprint density at radius 1 is 1.08 bits per heavy atom. The van der Waals surface area contributed by atoms with Gasteiger partial charge in [-0.2, -0.15) is 0 Å². The fraction of sp³-hybridized carbons (Fsp3) is 0.250. The van der Waals surface area contributed by atoms with E-state index in [1.165, 1.54) is 0 Å². The Morgan fingerprint density at radius 2 is 1.73 bits per heavy atom. The van der Waals surface area contributed by atoms with Crippen LogP contribution >= 0.6 is 0 Å². The monoisotopic (exact) mass is 352 g/mol. The Kier molecular flexibility index (Phi) is 5.43. The van der Waals surface area contributed by atoms with Gasteiger partial charge < -0.3 is 10.4 Å². The highest BCUT2D eigenvalue weighted by Gasteiger charge is 2.32. The minimum Gasteiger partial charge on any atom is -0.394 e. The van der Waals surface area contributed by atoms with Crippen molar-refractivity contribution in [2.24, 2.45) is 5.92 Å². The summed E-state index contributed by atoms with van der Waals surface area (Å²) in [5.74, 6) is -1.78. The van der Waals surface area contributed by atoms with Gasteiger partial charge in [0, 0.05) is 12.8 Å². The smallest absolute Gasteiger partial charge is 0.230 e. The Labute approximate surface area is 151 Å². The van der Waals surface area contributed by atoms with E-state index in [1.54, 1.807) is 0 Å². The number of nitrogens with one attached hydrogen (secondary N) is 2. The maximum absolute atomic E-state index is 12.2. The minimum absolute atomic E-state index is 0.0296. The van der Waals surface area contributed by atoms with E-state index in [9.17, 15) is 19.5 Å². The van der Waals surface area contributed by atoms with Crippen LogP contribution in [-0.2, 0) is 14.4 Å². The zero-order valence-corrected chi connectivity index (χ0v) is 14.1. The largest absolute Gasteiger partial charge is 0.394 e. The number of amides is 3. The summed E-state index contributed by atoms with van der Waals surface area (Å²) in [6.07, 6.45) is -0.0437. The third-order valence-electron chi connectivity index (χ3n) is 4.43. The van der Waals surface area contributed by atoms with Gasteiger partial charge in [-0.1, -0.05) is 54.6 Å². The van der Waals surface area contributed by atoms with Crippen LogP contribution in [0.5, 0.6) is 0 Å². The summed E-state index contributed by atoms with van der Waals surface area (Å²) in [6.45, 7) is -0.258. The number of rotatable bonds is 6. The number of carbonyl (C=O) groups excluding carboxylic acids is 3. The maximum Gasteiger partial charge on any atom is 0.230 e. The first-order valence-electron chi connectivity index (χ1n) is 8.46. The van der Waals surface area contributed by atoms with Gasteiger partial charge in [0.1, 0.15) is 0 Å². The summed E-state index contributed by atoms with van der Waals surface area (Å²) in [6, 6.07) is 16.9. The Hall–Kier alpha value is -2.99. The molecule has 134 valence electrons. The molecule has 1 aliphatic rings. The Bertz CT molecular complexity index is 802. The highest BCUT2D eigenvalue weighted by atomic mass is 16.3. The molecule has 0 aromatic heterocycles. The van der Waals surface area contributed by atoms with Gasteiger partial charge in [0.2, 0.25) is 17.7 Å². The molecule has 2 aromatic rings. The number of hydrogen-bond donors (Lipinski definition) is 3. The van der Waals surface area contributed by atoms with Crippen molar-refractivity contribution in [3.05, 3.63) is 60.2 Å². The lowest BCUT2D eigenvalue weighted by molar-refractivity contribution is -0.129. The van der Waals surface area contributed by atoms with Crippen LogP contribution in [0.3, 0.4) is 0 Å². The second-order valence-corrected chi connectivity index (χ2v) is 6.31. The molecule has 3 amide bonds. The first kappa shape index (κ1) is 17.8. The average molecular weight is 352 g/mol. The number of hydrogen-bond acceptors (Lipinski definition) is 4. The SMILES string of the molecule is O=C1CC(CC(=O)NC(CO)c2ccc(-c3ccccc3)cc2)C(=O)N1. The van der Waals surface area contributed by atoms with Gasteiger partial charge in [-0.15, -0.1) is 0 Å². The summed E-state index contributed by atoms with van der Waals surface area (Å²) >= 11 is 0. The van der Waals surface area contributed by atoms with Gasteiger partial charge in [-0.25, -0.2) is 0 Å². The van der Waals surface area contributed by atoms with Crippen molar-refractivity contribution in [1.29, 1.82) is 0 Å². The molecule has 0 spiro atoms. The minimum atomic E-state index is -0.637. The van der Waals surface area contributed by atoms with Gasteiger partial charge in [0.15, 0.2) is 0 Å². The van der Waals surface area contributed by atoms with E-state index in [0.717, 1.165) is 16.7 Å². The molecule has 0 radical (unpaired) electrons. The maximum atomic E-state index is 12.2. The number of imide groups is 1. The first-order chi connectivity index (χ1) is 12.6. The predicted molar refractivity (Wildman–Crippen MR) is 95.7 cm³/mol. The fourth-order valence-corrected chi connectivity index (χ4v) is 3.02. The lowest BCUT2D eigenvalue weighted by Gasteiger charge is -2.18. The zero-order valence-electron chi connectivity index (χ0n) is 14.1. The van der Waals surface area contributed by atoms with Crippen LogP contribution in [0.4, 0.5) is 0 Å². The Morgan fingerprint density at radius 3 is 2.31 bits per heavy atom. The van der Waals surface area contributed by atoms with Crippen molar-refractivity contribution in [2.45, 2.75) is 18.9 Å². The highest BCUT2D eigenvalue weighted by Crippen LogP contribution is 2.22. The standard InChI is InChI=1S/C20H20N2O4/c23-12-17(21-18(24)10-16-11-19(25)22-20(16)26)15-8-6-14(7-9-15)13-4-2-1-3-5-13/h1-9,16-17,23H,10-12H2,(H,21,24)(H,22,25,26). The van der Waals surface area contributed by atoms with Crippen LogP contribution in [0.15, 0.2) is 54.6 Å². The molecule has 6 heteroatoms. The highest BCUT2D eigenvalue weighted by molar-refractivity contribution is 6.04. The van der Waals surface area contributed by atoms with E-state index in [0.29, 0.717) is 0 Å². The second kappa shape index (κ2) is 7.93. The van der Waals surface area contributed by atoms with E-state index in [2.05, 4.69) is 10.6 Å². The summed E-state index contributed by atoms with van der Waals surface area (Å²) < 4.78 is 0. The Balaban J connectivity index is 1.64. The van der Waals surface area contributed by atoms with E-state index >= 15 is 0 Å². The molecule has 6 nitrogen and oxygen atoms in total. The van der Waals surface area contributed by atoms with E-state index in [-0.39, 0.29) is 31.3 Å². The molecular formula is C20H20N2O4. The molecule has 3 N–H and O–H groups in total. The molecule has 26 heavy (non-hydrogen) atoms. The number of aliphatic hydroxyl groups is 1. The molecule has 3 rings (SSSR count). The van der Waals surface area contributed by atoms with E-state index in [4.69, 9.17) is 0 Å². The molecule has 0 bridgehead atoms. The molecule has 1 saturated heterocycles.